The van der Waals surface area contributed by atoms with Gasteiger partial charge in [-0.1, -0.05) is 23.7 Å². The van der Waals surface area contributed by atoms with E-state index in [9.17, 15) is 17.2 Å². The Morgan fingerprint density at radius 3 is 2.37 bits per heavy atom. The maximum Gasteiger partial charge on any atom is 0.263 e. The Bertz CT molecular complexity index is 719. The number of anilines is 1. The topological polar surface area (TPSA) is 46.2 Å². The first-order valence-electron chi connectivity index (χ1n) is 5.12. The number of hydrogen-bond acceptors (Lipinski definition) is 2. The summed E-state index contributed by atoms with van der Waals surface area (Å²) >= 11 is 5.77. The first kappa shape index (κ1) is 13.8. The molecule has 2 aromatic carbocycles. The molecule has 100 valence electrons. The average Bonchev–Trinajstić information content (AvgIpc) is 2.33. The molecule has 0 atom stereocenters. The minimum absolute atomic E-state index is 0.0116. The van der Waals surface area contributed by atoms with Crippen LogP contribution >= 0.6 is 11.6 Å². The Morgan fingerprint density at radius 2 is 1.74 bits per heavy atom. The third-order valence-electron chi connectivity index (χ3n) is 2.30. The summed E-state index contributed by atoms with van der Waals surface area (Å²) in [5, 5.41) is 0.0116. The van der Waals surface area contributed by atoms with E-state index in [2.05, 4.69) is 0 Å². The minimum Gasteiger partial charge on any atom is -0.277 e. The van der Waals surface area contributed by atoms with E-state index in [1.807, 2.05) is 4.72 Å². The molecule has 0 heterocycles. The number of rotatable bonds is 3. The second-order valence-electron chi connectivity index (χ2n) is 3.66. The van der Waals surface area contributed by atoms with Crippen molar-refractivity contribution >= 4 is 27.3 Å². The summed E-state index contributed by atoms with van der Waals surface area (Å²) in [6.07, 6.45) is 0. The zero-order valence-corrected chi connectivity index (χ0v) is 11.0. The maximum atomic E-state index is 13.4. The van der Waals surface area contributed by atoms with Crippen molar-refractivity contribution in [3.8, 4) is 0 Å². The highest BCUT2D eigenvalue weighted by Gasteiger charge is 2.19. The van der Waals surface area contributed by atoms with Gasteiger partial charge in [-0.25, -0.2) is 17.2 Å². The predicted molar refractivity (Wildman–Crippen MR) is 68.6 cm³/mol. The molecule has 0 aromatic heterocycles. The number of benzene rings is 2. The summed E-state index contributed by atoms with van der Waals surface area (Å²) < 4.78 is 52.2. The monoisotopic (exact) mass is 303 g/mol. The Balaban J connectivity index is 2.40. The number of nitrogens with one attached hydrogen (secondary N) is 1. The molecule has 0 fully saturated rings. The lowest BCUT2D eigenvalue weighted by Crippen LogP contribution is -2.14. The summed E-state index contributed by atoms with van der Waals surface area (Å²) in [4.78, 5) is -0.180. The van der Waals surface area contributed by atoms with Gasteiger partial charge in [0.15, 0.2) is 0 Å². The van der Waals surface area contributed by atoms with Crippen LogP contribution in [0.3, 0.4) is 0 Å². The minimum atomic E-state index is -4.02. The number of sulfonamides is 1. The maximum absolute atomic E-state index is 13.4. The molecule has 0 radical (unpaired) electrons. The van der Waals surface area contributed by atoms with Gasteiger partial charge in [-0.3, -0.25) is 4.72 Å². The van der Waals surface area contributed by atoms with Gasteiger partial charge in [0.25, 0.3) is 10.0 Å². The molecule has 1 N–H and O–H groups in total. The van der Waals surface area contributed by atoms with Crippen LogP contribution in [-0.4, -0.2) is 8.42 Å². The van der Waals surface area contributed by atoms with E-state index >= 15 is 0 Å². The van der Waals surface area contributed by atoms with Crippen LogP contribution in [-0.2, 0) is 10.0 Å². The fourth-order valence-electron chi connectivity index (χ4n) is 1.43. The summed E-state index contributed by atoms with van der Waals surface area (Å²) in [5.74, 6) is -1.80. The van der Waals surface area contributed by atoms with Crippen molar-refractivity contribution in [2.24, 2.45) is 0 Å². The number of halogens is 3. The van der Waals surface area contributed by atoms with Gasteiger partial charge < -0.3 is 0 Å². The molecule has 7 heteroatoms. The molecule has 3 nitrogen and oxygen atoms in total. The highest BCUT2D eigenvalue weighted by molar-refractivity contribution is 7.92. The van der Waals surface area contributed by atoms with Crippen molar-refractivity contribution in [2.75, 3.05) is 4.72 Å². The lowest BCUT2D eigenvalue weighted by Gasteiger charge is -2.10. The van der Waals surface area contributed by atoms with E-state index in [4.69, 9.17) is 11.6 Å². The van der Waals surface area contributed by atoms with Gasteiger partial charge in [0.2, 0.25) is 0 Å². The van der Waals surface area contributed by atoms with Crippen LogP contribution in [0.4, 0.5) is 14.5 Å². The van der Waals surface area contributed by atoms with E-state index in [-0.39, 0.29) is 15.6 Å². The zero-order valence-electron chi connectivity index (χ0n) is 9.40. The van der Waals surface area contributed by atoms with Crippen molar-refractivity contribution in [1.29, 1.82) is 0 Å². The van der Waals surface area contributed by atoms with Gasteiger partial charge in [0.05, 0.1) is 10.7 Å². The zero-order chi connectivity index (χ0) is 14.0. The number of hydrogen-bond donors (Lipinski definition) is 1. The molecule has 0 aliphatic heterocycles. The van der Waals surface area contributed by atoms with E-state index in [1.54, 1.807) is 6.07 Å². The molecular formula is C12H8ClF2NO2S. The molecule has 0 amide bonds. The molecule has 0 unspecified atom stereocenters. The van der Waals surface area contributed by atoms with Gasteiger partial charge in [0.1, 0.15) is 16.5 Å². The smallest absolute Gasteiger partial charge is 0.263 e. The van der Waals surface area contributed by atoms with Crippen LogP contribution in [0.25, 0.3) is 0 Å². The first-order valence-corrected chi connectivity index (χ1v) is 6.99. The molecule has 0 saturated heterocycles. The molecule has 0 aliphatic carbocycles. The highest BCUT2D eigenvalue weighted by Crippen LogP contribution is 2.24. The highest BCUT2D eigenvalue weighted by atomic mass is 35.5. The Morgan fingerprint density at radius 1 is 1.05 bits per heavy atom. The molecule has 0 spiro atoms. The lowest BCUT2D eigenvalue weighted by molar-refractivity contribution is 0.583. The van der Waals surface area contributed by atoms with Gasteiger partial charge in [0, 0.05) is 6.07 Å². The molecule has 2 aromatic rings. The van der Waals surface area contributed by atoms with E-state index in [0.717, 1.165) is 12.1 Å². The fourth-order valence-corrected chi connectivity index (χ4v) is 3.02. The van der Waals surface area contributed by atoms with Gasteiger partial charge in [-0.15, -0.1) is 0 Å². The van der Waals surface area contributed by atoms with Crippen LogP contribution < -0.4 is 4.72 Å². The largest absolute Gasteiger partial charge is 0.277 e. The van der Waals surface area contributed by atoms with Crippen LogP contribution in [0.2, 0.25) is 5.02 Å². The normalized spacial score (nSPS) is 11.3. The molecule has 0 bridgehead atoms. The van der Waals surface area contributed by atoms with Crippen LogP contribution in [0.15, 0.2) is 47.4 Å². The van der Waals surface area contributed by atoms with E-state index < -0.39 is 21.7 Å². The second-order valence-corrected chi connectivity index (χ2v) is 5.72. The SMILES string of the molecule is O=S(=O)(Nc1ccc(F)cc1F)c1ccccc1Cl. The molecular weight excluding hydrogens is 296 g/mol. The van der Waals surface area contributed by atoms with Crippen LogP contribution in [0.5, 0.6) is 0 Å². The lowest BCUT2D eigenvalue weighted by atomic mass is 10.3. The summed E-state index contributed by atoms with van der Waals surface area (Å²) in [6.45, 7) is 0. The van der Waals surface area contributed by atoms with Crippen molar-refractivity contribution in [3.63, 3.8) is 0 Å². The third kappa shape index (κ3) is 3.02. The van der Waals surface area contributed by atoms with Gasteiger partial charge >= 0.3 is 0 Å². The van der Waals surface area contributed by atoms with Crippen molar-refractivity contribution < 1.29 is 17.2 Å². The van der Waals surface area contributed by atoms with Crippen LogP contribution in [0.1, 0.15) is 0 Å². The molecule has 19 heavy (non-hydrogen) atoms. The summed E-state index contributed by atoms with van der Waals surface area (Å²) in [5.41, 5.74) is -0.346. The molecule has 0 saturated carbocycles. The fraction of sp³-hybridized carbons (Fsp3) is 0. The van der Waals surface area contributed by atoms with Crippen molar-refractivity contribution in [2.45, 2.75) is 4.90 Å². The standard InChI is InChI=1S/C12H8ClF2NO2S/c13-9-3-1-2-4-12(9)19(17,18)16-11-6-5-8(14)7-10(11)15/h1-7,16H. The van der Waals surface area contributed by atoms with E-state index in [0.29, 0.717) is 6.07 Å². The predicted octanol–water partition coefficient (Wildman–Crippen LogP) is 3.42. The summed E-state index contributed by atoms with van der Waals surface area (Å²) in [6, 6.07) is 8.28. The van der Waals surface area contributed by atoms with Crippen molar-refractivity contribution in [3.05, 3.63) is 59.1 Å². The second kappa shape index (κ2) is 5.14. The van der Waals surface area contributed by atoms with Crippen LogP contribution in [0, 0.1) is 11.6 Å². The van der Waals surface area contributed by atoms with Gasteiger partial charge in [-0.05, 0) is 24.3 Å². The Labute approximate surface area is 113 Å². The molecule has 0 aliphatic rings. The molecule has 2 rings (SSSR count). The third-order valence-corrected chi connectivity index (χ3v) is 4.17. The average molecular weight is 304 g/mol. The van der Waals surface area contributed by atoms with Gasteiger partial charge in [-0.2, -0.15) is 0 Å². The first-order chi connectivity index (χ1) is 8.90. The van der Waals surface area contributed by atoms with Crippen molar-refractivity contribution in [1.82, 2.24) is 0 Å². The Kier molecular flexibility index (Phi) is 3.73. The van der Waals surface area contributed by atoms with E-state index in [1.165, 1.54) is 18.2 Å². The quantitative estimate of drug-likeness (QED) is 0.944. The summed E-state index contributed by atoms with van der Waals surface area (Å²) in [7, 11) is -4.02. The Hall–Kier alpha value is -1.66.